The molecule has 39 heavy (non-hydrogen) atoms. The number of sulfonamides is 1. The van der Waals surface area contributed by atoms with Crippen LogP contribution >= 0.6 is 0 Å². The first kappa shape index (κ1) is 29.4. The van der Waals surface area contributed by atoms with Gasteiger partial charge in [0.15, 0.2) is 12.4 Å². The molecule has 0 amide bonds. The third kappa shape index (κ3) is 8.69. The molecule has 0 aliphatic heterocycles. The summed E-state index contributed by atoms with van der Waals surface area (Å²) in [5, 5.41) is 18.4. The number of ether oxygens (including phenoxy) is 3. The number of halogens is 1. The maximum Gasteiger partial charge on any atom is 0.508 e. The summed E-state index contributed by atoms with van der Waals surface area (Å²) in [4.78, 5) is 30.0. The fourth-order valence-corrected chi connectivity index (χ4v) is 3.91. The molecule has 1 aromatic heterocycles. The molecule has 3 aromatic rings. The van der Waals surface area contributed by atoms with E-state index < -0.39 is 38.6 Å². The average molecular weight is 568 g/mol. The van der Waals surface area contributed by atoms with Crippen LogP contribution in [0.3, 0.4) is 0 Å². The van der Waals surface area contributed by atoms with E-state index in [1.54, 1.807) is 0 Å². The zero-order valence-electron chi connectivity index (χ0n) is 21.0. The normalized spacial score (nSPS) is 11.3. The Kier molecular flexibility index (Phi) is 9.86. The van der Waals surface area contributed by atoms with Gasteiger partial charge in [-0.05, 0) is 43.2 Å². The van der Waals surface area contributed by atoms with Gasteiger partial charge >= 0.3 is 6.16 Å². The van der Waals surface area contributed by atoms with Crippen LogP contribution in [0, 0.1) is 29.8 Å². The van der Waals surface area contributed by atoms with Crippen molar-refractivity contribution in [3.05, 3.63) is 80.7 Å². The number of carbonyl (C=O) groups excluding carboxylic acids is 1. The maximum atomic E-state index is 15.0. The van der Waals surface area contributed by atoms with Crippen LogP contribution in [0.15, 0.2) is 41.3 Å². The molecule has 0 saturated heterocycles. The van der Waals surface area contributed by atoms with Crippen molar-refractivity contribution >= 4 is 16.2 Å². The quantitative estimate of drug-likeness (QED) is 0.138. The van der Waals surface area contributed by atoms with Crippen molar-refractivity contribution in [3.63, 3.8) is 0 Å². The van der Waals surface area contributed by atoms with Crippen molar-refractivity contribution in [2.45, 2.75) is 31.8 Å². The van der Waals surface area contributed by atoms with Gasteiger partial charge in [-0.15, -0.1) is 15.2 Å². The minimum absolute atomic E-state index is 0.0374. The molecule has 2 N–H and O–H groups in total. The minimum atomic E-state index is -4.12. The number of aromatic nitrogens is 3. The summed E-state index contributed by atoms with van der Waals surface area (Å²) in [6.45, 7) is 2.88. The van der Waals surface area contributed by atoms with E-state index in [2.05, 4.69) is 14.9 Å². The molecule has 0 unspecified atom stereocenters. The van der Waals surface area contributed by atoms with Crippen molar-refractivity contribution in [2.24, 2.45) is 5.14 Å². The van der Waals surface area contributed by atoms with Gasteiger partial charge in [0, 0.05) is 6.42 Å². The lowest BCUT2D eigenvalue weighted by molar-refractivity contribution is -0.758. The molecule has 0 aliphatic rings. The molecule has 0 aliphatic carbocycles. The number of nitrogens with zero attached hydrogens (tertiary/aromatic N) is 4. The molecule has 3 rings (SSSR count). The first-order chi connectivity index (χ1) is 18.4. The highest BCUT2D eigenvalue weighted by Gasteiger charge is 2.19. The van der Waals surface area contributed by atoms with Crippen molar-refractivity contribution in [2.75, 3.05) is 26.4 Å². The Balaban J connectivity index is 1.73. The van der Waals surface area contributed by atoms with Crippen LogP contribution in [-0.2, 0) is 42.1 Å². The van der Waals surface area contributed by atoms with E-state index >= 15 is 0 Å². The van der Waals surface area contributed by atoms with Crippen LogP contribution < -0.4 is 5.14 Å². The van der Waals surface area contributed by atoms with Gasteiger partial charge in [-0.3, -0.25) is 0 Å². The van der Waals surface area contributed by atoms with E-state index in [1.165, 1.54) is 10.7 Å². The molecule has 0 atom stereocenters. The molecule has 0 bridgehead atoms. The van der Waals surface area contributed by atoms with Gasteiger partial charge in [-0.2, -0.15) is 0 Å². The highest BCUT2D eigenvalue weighted by molar-refractivity contribution is 7.89. The number of carbonyl (C=O) groups is 1. The fourth-order valence-electron chi connectivity index (χ4n) is 3.38. The van der Waals surface area contributed by atoms with E-state index in [0.29, 0.717) is 5.82 Å². The molecule has 210 valence electrons. The first-order valence-electron chi connectivity index (χ1n) is 11.4. The van der Waals surface area contributed by atoms with Crippen LogP contribution in [0.5, 0.6) is 0 Å². The van der Waals surface area contributed by atoms with Gasteiger partial charge < -0.3 is 19.0 Å². The Labute approximate surface area is 222 Å². The minimum Gasteiger partial charge on any atom is -0.432 e. The summed E-state index contributed by atoms with van der Waals surface area (Å²) in [5.41, 5.74) is 2.79. The molecule has 0 saturated carbocycles. The zero-order chi connectivity index (χ0) is 28.6. The summed E-state index contributed by atoms with van der Waals surface area (Å²) >= 11 is 0. The van der Waals surface area contributed by atoms with Crippen LogP contribution in [0.1, 0.15) is 28.3 Å². The first-order valence-corrected chi connectivity index (χ1v) is 13.0. The molecule has 0 fully saturated rings. The lowest BCUT2D eigenvalue weighted by atomic mass is 10.0. The predicted octanol–water partition coefficient (Wildman–Crippen LogP) is 2.14. The Hall–Kier alpha value is -4.15. The molecule has 14 nitrogen and oxygen atoms in total. The lowest BCUT2D eigenvalue weighted by Gasteiger charge is -2.10. The molecule has 0 spiro atoms. The van der Waals surface area contributed by atoms with Crippen LogP contribution in [0.2, 0.25) is 0 Å². The van der Waals surface area contributed by atoms with Gasteiger partial charge in [0.25, 0.3) is 5.09 Å². The van der Waals surface area contributed by atoms with E-state index in [-0.39, 0.29) is 44.4 Å². The molecule has 0 radical (unpaired) electrons. The standard InChI is InChI=1S/C23H26FN5O9S/c1-15-3-4-16(2)17(11-15)12-22-26-21(14-37-23(30)36-9-7-35-8-10-38-29(31)32)27-28(22)20-6-5-18(13-19(20)24)39(25,33)34/h3-6,11,13H,7-10,12,14H2,1-2H3,(H2,25,33,34). The van der Waals surface area contributed by atoms with E-state index in [0.717, 1.165) is 28.8 Å². The third-order valence-corrected chi connectivity index (χ3v) is 6.15. The molecular weight excluding hydrogens is 541 g/mol. The highest BCUT2D eigenvalue weighted by Crippen LogP contribution is 2.22. The Morgan fingerprint density at radius 3 is 2.54 bits per heavy atom. The van der Waals surface area contributed by atoms with Crippen molar-refractivity contribution in [1.29, 1.82) is 0 Å². The van der Waals surface area contributed by atoms with E-state index in [9.17, 15) is 27.7 Å². The molecule has 16 heteroatoms. The third-order valence-electron chi connectivity index (χ3n) is 5.24. The highest BCUT2D eigenvalue weighted by atomic mass is 32.2. The van der Waals surface area contributed by atoms with Crippen LogP contribution in [0.4, 0.5) is 9.18 Å². The summed E-state index contributed by atoms with van der Waals surface area (Å²) in [6, 6.07) is 8.99. The van der Waals surface area contributed by atoms with Crippen molar-refractivity contribution in [1.82, 2.24) is 14.8 Å². The monoisotopic (exact) mass is 567 g/mol. The summed E-state index contributed by atoms with van der Waals surface area (Å²) in [6.07, 6.45) is -0.796. The number of rotatable bonds is 13. The smallest absolute Gasteiger partial charge is 0.432 e. The van der Waals surface area contributed by atoms with Crippen molar-refractivity contribution in [3.8, 4) is 5.69 Å². The average Bonchev–Trinajstić information content (AvgIpc) is 3.25. The topological polar surface area (TPSA) is 188 Å². The number of hydrogen-bond acceptors (Lipinski definition) is 11. The second-order valence-electron chi connectivity index (χ2n) is 8.18. The largest absolute Gasteiger partial charge is 0.508 e. The SMILES string of the molecule is Cc1ccc(C)c(Cc2nc(COC(=O)OCCOCCO[N+](=O)[O-])nn2-c2ccc(S(N)(=O)=O)cc2F)c1. The molecule has 2 aromatic carbocycles. The second-order valence-corrected chi connectivity index (χ2v) is 9.74. The Bertz CT molecular complexity index is 1450. The molecular formula is C23H26FN5O9S. The van der Waals surface area contributed by atoms with Gasteiger partial charge in [0.05, 0.1) is 18.1 Å². The van der Waals surface area contributed by atoms with E-state index in [4.69, 9.17) is 19.3 Å². The Morgan fingerprint density at radius 1 is 1.10 bits per heavy atom. The number of hydrogen-bond donors (Lipinski definition) is 1. The van der Waals surface area contributed by atoms with Crippen molar-refractivity contribution < 1.29 is 41.7 Å². The predicted molar refractivity (Wildman–Crippen MR) is 131 cm³/mol. The zero-order valence-corrected chi connectivity index (χ0v) is 21.8. The number of nitrogens with two attached hydrogens (primary N) is 1. The van der Waals surface area contributed by atoms with E-state index in [1.807, 2.05) is 32.0 Å². The fraction of sp³-hybridized carbons (Fsp3) is 0.348. The number of primary sulfonamides is 1. The maximum absolute atomic E-state index is 15.0. The van der Waals surface area contributed by atoms with Gasteiger partial charge in [0.2, 0.25) is 10.0 Å². The summed E-state index contributed by atoms with van der Waals surface area (Å²) in [5.74, 6) is -0.553. The molecule has 1 heterocycles. The Morgan fingerprint density at radius 2 is 1.85 bits per heavy atom. The van der Waals surface area contributed by atoms with Gasteiger partial charge in [0.1, 0.15) is 30.5 Å². The van der Waals surface area contributed by atoms with Gasteiger partial charge in [-0.1, -0.05) is 23.8 Å². The lowest BCUT2D eigenvalue weighted by Crippen LogP contribution is -2.15. The number of aryl methyl sites for hydroxylation is 2. The van der Waals surface area contributed by atoms with Crippen LogP contribution in [0.25, 0.3) is 5.69 Å². The van der Waals surface area contributed by atoms with Gasteiger partial charge in [-0.25, -0.2) is 32.4 Å². The summed E-state index contributed by atoms with van der Waals surface area (Å²) in [7, 11) is -4.12. The number of benzene rings is 2. The van der Waals surface area contributed by atoms with Crippen LogP contribution in [-0.4, -0.2) is 60.9 Å². The summed E-state index contributed by atoms with van der Waals surface area (Å²) < 4.78 is 54.3. The second kappa shape index (κ2) is 13.1.